The van der Waals surface area contributed by atoms with Gasteiger partial charge in [-0.3, -0.25) is 14.5 Å². The van der Waals surface area contributed by atoms with Crippen LogP contribution in [0.1, 0.15) is 11.4 Å². The van der Waals surface area contributed by atoms with Crippen LogP contribution >= 0.6 is 34.9 Å². The van der Waals surface area contributed by atoms with Crippen LogP contribution in [0.3, 0.4) is 0 Å². The minimum absolute atomic E-state index is 0. The Bertz CT molecular complexity index is 1230. The molecule has 2 aliphatic heterocycles. The number of anilines is 1. The van der Waals surface area contributed by atoms with E-state index in [1.807, 2.05) is 0 Å². The average molecular weight is 547 g/mol. The number of carboxylic acid groups (broad SMARTS) is 1. The standard InChI is InChI=1S/C19H17FN6O5S3.Na/c20-11-3-1-2-8(22-11)4-5-32-10-7-33-17-13(16(28)26(17)14(10)18(29)30)24-15(27)12(25-31)9-6-34-19(21)23-9;/h1-3,6,13,17,31H,4-5,7H2,(H2,21,23)(H,24,27)(H,29,30);/q;+1/p-1/b25-12-;/t13-,17-;/m1./s1. The van der Waals surface area contributed by atoms with E-state index in [4.69, 9.17) is 5.73 Å². The molecule has 0 radical (unpaired) electrons. The van der Waals surface area contributed by atoms with Crippen molar-refractivity contribution >= 4 is 63.5 Å². The van der Waals surface area contributed by atoms with Crippen molar-refractivity contribution in [2.45, 2.75) is 17.8 Å². The summed E-state index contributed by atoms with van der Waals surface area (Å²) >= 11 is 3.54. The Balaban J connectivity index is 0.00000342. The number of carbonyl (C=O) groups excluding carboxylic acids is 3. The molecule has 2 amide bonds. The molecule has 1 fully saturated rings. The number of nitrogens with zero attached hydrogens (tertiary/aromatic N) is 4. The molecular weight excluding hydrogens is 530 g/mol. The van der Waals surface area contributed by atoms with Crippen LogP contribution in [0.25, 0.3) is 0 Å². The summed E-state index contributed by atoms with van der Waals surface area (Å²) in [6.07, 6.45) is 0.400. The number of halogens is 1. The van der Waals surface area contributed by atoms with Crippen molar-refractivity contribution in [2.24, 2.45) is 5.16 Å². The van der Waals surface area contributed by atoms with E-state index in [1.54, 1.807) is 12.1 Å². The minimum Gasteiger partial charge on any atom is -0.543 e. The van der Waals surface area contributed by atoms with Crippen molar-refractivity contribution in [3.05, 3.63) is 51.5 Å². The smallest absolute Gasteiger partial charge is 0.543 e. The maximum absolute atomic E-state index is 13.2. The van der Waals surface area contributed by atoms with E-state index in [2.05, 4.69) is 20.4 Å². The fourth-order valence-corrected chi connectivity index (χ4v) is 6.53. The van der Waals surface area contributed by atoms with Crippen LogP contribution in [0.4, 0.5) is 9.52 Å². The van der Waals surface area contributed by atoms with Crippen LogP contribution in [0.15, 0.2) is 39.3 Å². The molecule has 16 heteroatoms. The second-order valence-electron chi connectivity index (χ2n) is 6.99. The summed E-state index contributed by atoms with van der Waals surface area (Å²) in [5.41, 5.74) is 5.44. The van der Waals surface area contributed by atoms with Crippen molar-refractivity contribution in [3.8, 4) is 0 Å². The Morgan fingerprint density at radius 1 is 1.40 bits per heavy atom. The van der Waals surface area contributed by atoms with Crippen molar-refractivity contribution < 1.29 is 58.6 Å². The van der Waals surface area contributed by atoms with Crippen molar-refractivity contribution in [3.63, 3.8) is 0 Å². The first-order chi connectivity index (χ1) is 16.3. The van der Waals surface area contributed by atoms with Gasteiger partial charge in [-0.15, -0.1) is 34.9 Å². The van der Waals surface area contributed by atoms with Crippen molar-refractivity contribution in [1.82, 2.24) is 20.2 Å². The molecule has 2 aromatic rings. The maximum Gasteiger partial charge on any atom is 1.00 e. The van der Waals surface area contributed by atoms with E-state index in [9.17, 15) is 29.1 Å². The Kier molecular flexibility index (Phi) is 9.17. The Hall–Kier alpha value is -2.17. The van der Waals surface area contributed by atoms with Gasteiger partial charge >= 0.3 is 29.6 Å². The SMILES string of the molecule is Nc1nc(/C(=N/O)C(=O)N[C@@H]2C(=O)N3C(C(=O)[O-])=C(SCCc4cccc(F)n4)CS[C@H]23)cs1.[Na+]. The molecular formula is C19H16FN6NaO5S3. The second kappa shape index (κ2) is 11.7. The number of fused-ring (bicyclic) bond motifs is 1. The molecule has 35 heavy (non-hydrogen) atoms. The van der Waals surface area contributed by atoms with Crippen LogP contribution in [0.5, 0.6) is 0 Å². The zero-order valence-electron chi connectivity index (χ0n) is 18.1. The van der Waals surface area contributed by atoms with E-state index in [1.165, 1.54) is 35.0 Å². The number of oxime groups is 1. The first-order valence-electron chi connectivity index (χ1n) is 9.68. The van der Waals surface area contributed by atoms with Crippen LogP contribution in [0, 0.1) is 5.95 Å². The van der Waals surface area contributed by atoms with Gasteiger partial charge in [0.25, 0.3) is 11.8 Å². The quantitative estimate of drug-likeness (QED) is 0.0763. The topological polar surface area (TPSA) is 174 Å². The molecule has 0 aromatic carbocycles. The van der Waals surface area contributed by atoms with Crippen molar-refractivity contribution in [1.29, 1.82) is 0 Å². The number of thiazole rings is 1. The van der Waals surface area contributed by atoms with Gasteiger partial charge in [0.1, 0.15) is 17.1 Å². The van der Waals surface area contributed by atoms with Crippen LogP contribution in [0.2, 0.25) is 0 Å². The number of aryl methyl sites for hydroxylation is 1. The summed E-state index contributed by atoms with van der Waals surface area (Å²) in [6, 6.07) is 3.41. The number of hydrogen-bond donors (Lipinski definition) is 3. The molecule has 2 aromatic heterocycles. The number of nitrogens with one attached hydrogen (secondary N) is 1. The number of carboxylic acids is 1. The number of nitrogen functional groups attached to an aromatic ring is 1. The summed E-state index contributed by atoms with van der Waals surface area (Å²) < 4.78 is 13.2. The van der Waals surface area contributed by atoms with Crippen molar-refractivity contribution in [2.75, 3.05) is 17.2 Å². The zero-order valence-corrected chi connectivity index (χ0v) is 22.6. The summed E-state index contributed by atoms with van der Waals surface area (Å²) in [4.78, 5) is 46.3. The number of β-lactam (4-membered cyclic amide) rings is 1. The molecule has 0 spiro atoms. The molecule has 2 atom stereocenters. The Morgan fingerprint density at radius 3 is 2.80 bits per heavy atom. The van der Waals surface area contributed by atoms with Gasteiger partial charge in [-0.05, 0) is 18.6 Å². The summed E-state index contributed by atoms with van der Waals surface area (Å²) in [5, 5.41) is 27.4. The number of amides is 2. The third kappa shape index (κ3) is 5.81. The Labute approximate surface area is 232 Å². The van der Waals surface area contributed by atoms with Gasteiger partial charge < -0.3 is 26.2 Å². The normalized spacial score (nSPS) is 19.5. The molecule has 11 nitrogen and oxygen atoms in total. The van der Waals surface area contributed by atoms with Gasteiger partial charge in [-0.25, -0.2) is 9.97 Å². The number of rotatable bonds is 8. The fourth-order valence-electron chi connectivity index (χ4n) is 3.38. The first kappa shape index (κ1) is 27.4. The Morgan fingerprint density at radius 2 is 2.17 bits per heavy atom. The predicted molar refractivity (Wildman–Crippen MR) is 122 cm³/mol. The third-order valence-electron chi connectivity index (χ3n) is 4.90. The predicted octanol–water partition coefficient (Wildman–Crippen LogP) is -3.22. The molecule has 4 N–H and O–H groups in total. The number of pyridine rings is 1. The van der Waals surface area contributed by atoms with Crippen LogP contribution in [-0.2, 0) is 20.8 Å². The maximum atomic E-state index is 13.2. The molecule has 1 saturated heterocycles. The summed E-state index contributed by atoms with van der Waals surface area (Å²) in [6.45, 7) is 0. The molecule has 2 aliphatic rings. The molecule has 0 bridgehead atoms. The summed E-state index contributed by atoms with van der Waals surface area (Å²) in [5.74, 6) is -2.90. The van der Waals surface area contributed by atoms with E-state index in [0.717, 1.165) is 16.2 Å². The van der Waals surface area contributed by atoms with E-state index >= 15 is 0 Å². The third-order valence-corrected chi connectivity index (χ3v) is 8.13. The molecule has 0 saturated carbocycles. The van der Waals surface area contributed by atoms with E-state index < -0.39 is 40.9 Å². The van der Waals surface area contributed by atoms with E-state index in [0.29, 0.717) is 22.8 Å². The number of aromatic nitrogens is 2. The molecule has 178 valence electrons. The number of thioether (sulfide) groups is 2. The molecule has 4 rings (SSSR count). The molecule has 0 aliphatic carbocycles. The number of carbonyl (C=O) groups is 3. The minimum atomic E-state index is -1.51. The second-order valence-corrected chi connectivity index (χ2v) is 10.2. The largest absolute Gasteiger partial charge is 1.00 e. The number of nitrogens with two attached hydrogens (primary N) is 1. The van der Waals surface area contributed by atoms with Gasteiger partial charge in [-0.2, -0.15) is 4.39 Å². The number of hydrogen-bond acceptors (Lipinski definition) is 12. The summed E-state index contributed by atoms with van der Waals surface area (Å²) in [7, 11) is 0. The fraction of sp³-hybridized carbons (Fsp3) is 0.263. The molecule has 0 unspecified atom stereocenters. The zero-order chi connectivity index (χ0) is 24.4. The first-order valence-corrected chi connectivity index (χ1v) is 12.6. The number of aliphatic carboxylic acids is 1. The van der Waals surface area contributed by atoms with Crippen LogP contribution in [-0.4, -0.2) is 66.5 Å². The monoisotopic (exact) mass is 546 g/mol. The van der Waals surface area contributed by atoms with Gasteiger partial charge in [-0.1, -0.05) is 11.2 Å². The van der Waals surface area contributed by atoms with Gasteiger partial charge in [0.2, 0.25) is 5.95 Å². The van der Waals surface area contributed by atoms with E-state index in [-0.39, 0.29) is 51.8 Å². The average Bonchev–Trinajstić information content (AvgIpc) is 3.23. The van der Waals surface area contributed by atoms with Gasteiger partial charge in [0.05, 0.1) is 11.7 Å². The molecule has 4 heterocycles. The van der Waals surface area contributed by atoms with Gasteiger partial charge in [0.15, 0.2) is 10.8 Å². The van der Waals surface area contributed by atoms with Gasteiger partial charge in [0, 0.05) is 27.5 Å². The van der Waals surface area contributed by atoms with Crippen LogP contribution < -0.4 is 45.7 Å².